The van der Waals surface area contributed by atoms with Gasteiger partial charge in [-0.25, -0.2) is 9.97 Å². The van der Waals surface area contributed by atoms with E-state index in [2.05, 4.69) is 15.3 Å². The van der Waals surface area contributed by atoms with E-state index in [1.54, 1.807) is 19.3 Å². The minimum Gasteiger partial charge on any atom is -0.502 e. The van der Waals surface area contributed by atoms with Crippen LogP contribution in [-0.2, 0) is 16.7 Å². The maximum absolute atomic E-state index is 13.0. The van der Waals surface area contributed by atoms with Gasteiger partial charge in [0, 0.05) is 36.5 Å². The number of halogens is 3. The van der Waals surface area contributed by atoms with Crippen LogP contribution in [0.25, 0.3) is 0 Å². The highest BCUT2D eigenvalue weighted by atomic mass is 19.4. The zero-order valence-corrected chi connectivity index (χ0v) is 14.3. The van der Waals surface area contributed by atoms with Crippen molar-refractivity contribution < 1.29 is 23.0 Å². The average Bonchev–Trinajstić information content (AvgIpc) is 2.46. The summed E-state index contributed by atoms with van der Waals surface area (Å²) in [5.41, 5.74) is -2.58. The molecule has 0 spiro atoms. The van der Waals surface area contributed by atoms with Gasteiger partial charge in [0.2, 0.25) is 0 Å². The summed E-state index contributed by atoms with van der Waals surface area (Å²) in [6.07, 6.45) is -0.244. The zero-order chi connectivity index (χ0) is 18.4. The predicted octanol–water partition coefficient (Wildman–Crippen LogP) is 2.71. The number of hydrogen-bond donors (Lipinski definition) is 2. The maximum Gasteiger partial charge on any atom is 0.422 e. The van der Waals surface area contributed by atoms with Crippen LogP contribution in [0.15, 0.2) is 24.7 Å². The van der Waals surface area contributed by atoms with Crippen LogP contribution in [0.3, 0.4) is 0 Å². The molecule has 0 fully saturated rings. The van der Waals surface area contributed by atoms with Gasteiger partial charge in [-0.1, -0.05) is 20.8 Å². The van der Waals surface area contributed by atoms with Crippen molar-refractivity contribution in [2.24, 2.45) is 0 Å². The van der Waals surface area contributed by atoms with E-state index in [4.69, 9.17) is 4.74 Å². The van der Waals surface area contributed by atoms with Gasteiger partial charge in [-0.05, 0) is 13.0 Å². The first-order valence-electron chi connectivity index (χ1n) is 7.60. The number of nitrogens with one attached hydrogen (secondary N) is 1. The van der Waals surface area contributed by atoms with E-state index < -0.39 is 18.3 Å². The number of aliphatic hydroxyl groups is 1. The van der Waals surface area contributed by atoms with Crippen LogP contribution < -0.4 is 5.32 Å². The van der Waals surface area contributed by atoms with E-state index in [1.807, 2.05) is 20.8 Å². The molecule has 1 aromatic rings. The lowest BCUT2D eigenvalue weighted by atomic mass is 9.96. The summed E-state index contributed by atoms with van der Waals surface area (Å²) in [5, 5.41) is 12.4. The Morgan fingerprint density at radius 2 is 1.79 bits per heavy atom. The molecule has 0 aliphatic heterocycles. The molecule has 136 valence electrons. The van der Waals surface area contributed by atoms with Gasteiger partial charge < -0.3 is 15.2 Å². The van der Waals surface area contributed by atoms with Crippen molar-refractivity contribution in [3.05, 3.63) is 36.1 Å². The molecule has 0 saturated carbocycles. The Bertz CT molecular complexity index is 539. The lowest BCUT2D eigenvalue weighted by Crippen LogP contribution is -2.51. The standard InChI is InChI=1S/C16H24F3N3O2/c1-5-24-7-6-15(23,16(17,18)19)11-20-8-12-9-21-13(22-10-12)14(2,3)4/h6-7,9-10,20,23H,5,8,11H2,1-4H3/b7-6+/t15-/m0/s1. The van der Waals surface area contributed by atoms with Crippen LogP contribution >= 0.6 is 0 Å². The van der Waals surface area contributed by atoms with E-state index in [-0.39, 0.29) is 18.6 Å². The first-order chi connectivity index (χ1) is 11.0. The molecule has 0 amide bonds. The summed E-state index contributed by atoms with van der Waals surface area (Å²) in [6, 6.07) is 0. The molecule has 24 heavy (non-hydrogen) atoms. The molecule has 0 aromatic carbocycles. The fourth-order valence-corrected chi connectivity index (χ4v) is 1.74. The normalized spacial score (nSPS) is 15.5. The monoisotopic (exact) mass is 347 g/mol. The van der Waals surface area contributed by atoms with E-state index in [0.29, 0.717) is 17.5 Å². The lowest BCUT2D eigenvalue weighted by Gasteiger charge is -2.27. The summed E-state index contributed by atoms with van der Waals surface area (Å²) in [4.78, 5) is 8.41. The summed E-state index contributed by atoms with van der Waals surface area (Å²) in [5.74, 6) is 0.651. The van der Waals surface area contributed by atoms with Gasteiger partial charge in [0.15, 0.2) is 5.60 Å². The SMILES string of the molecule is CCO/C=C/[C@](O)(CNCc1cnc(C(C)(C)C)nc1)C(F)(F)F. The van der Waals surface area contributed by atoms with Gasteiger partial charge in [-0.2, -0.15) is 13.2 Å². The van der Waals surface area contributed by atoms with Gasteiger partial charge in [0.1, 0.15) is 5.82 Å². The molecule has 0 aliphatic rings. The second-order valence-corrected chi connectivity index (χ2v) is 6.45. The van der Waals surface area contributed by atoms with E-state index in [9.17, 15) is 18.3 Å². The Balaban J connectivity index is 2.68. The van der Waals surface area contributed by atoms with Crippen LogP contribution in [-0.4, -0.2) is 40.0 Å². The molecule has 5 nitrogen and oxygen atoms in total. The second kappa shape index (κ2) is 7.94. The summed E-state index contributed by atoms with van der Waals surface area (Å²) in [6.45, 7) is 7.15. The topological polar surface area (TPSA) is 67.3 Å². The molecule has 0 aliphatic carbocycles. The third kappa shape index (κ3) is 5.76. The molecule has 2 N–H and O–H groups in total. The van der Waals surface area contributed by atoms with Gasteiger partial charge in [0.05, 0.1) is 12.9 Å². The van der Waals surface area contributed by atoms with Crippen molar-refractivity contribution in [1.29, 1.82) is 0 Å². The second-order valence-electron chi connectivity index (χ2n) is 6.45. The number of nitrogens with zero attached hydrogens (tertiary/aromatic N) is 2. The quantitative estimate of drug-likeness (QED) is 0.743. The van der Waals surface area contributed by atoms with Crippen molar-refractivity contribution in [2.45, 2.75) is 51.4 Å². The van der Waals surface area contributed by atoms with Gasteiger partial charge >= 0.3 is 6.18 Å². The van der Waals surface area contributed by atoms with Crippen LogP contribution in [0.5, 0.6) is 0 Å². The number of rotatable bonds is 7. The van der Waals surface area contributed by atoms with Crippen LogP contribution in [0.2, 0.25) is 0 Å². The Morgan fingerprint density at radius 3 is 2.25 bits per heavy atom. The molecule has 0 bridgehead atoms. The first-order valence-corrected chi connectivity index (χ1v) is 7.60. The molecule has 0 saturated heterocycles. The van der Waals surface area contributed by atoms with Gasteiger partial charge in [-0.15, -0.1) is 0 Å². The van der Waals surface area contributed by atoms with Gasteiger partial charge in [0.25, 0.3) is 0 Å². The molecule has 1 heterocycles. The van der Waals surface area contributed by atoms with E-state index in [0.717, 1.165) is 6.26 Å². The number of ether oxygens (including phenoxy) is 1. The highest BCUT2D eigenvalue weighted by molar-refractivity contribution is 5.10. The first kappa shape index (κ1) is 20.4. The van der Waals surface area contributed by atoms with Crippen LogP contribution in [0.4, 0.5) is 13.2 Å². The van der Waals surface area contributed by atoms with Crippen molar-refractivity contribution in [2.75, 3.05) is 13.2 Å². The van der Waals surface area contributed by atoms with Crippen LogP contribution in [0.1, 0.15) is 39.1 Å². The van der Waals surface area contributed by atoms with Gasteiger partial charge in [-0.3, -0.25) is 0 Å². The highest BCUT2D eigenvalue weighted by Crippen LogP contribution is 2.31. The summed E-state index contributed by atoms with van der Waals surface area (Å²) in [7, 11) is 0. The number of hydrogen-bond acceptors (Lipinski definition) is 5. The molecule has 8 heteroatoms. The third-order valence-corrected chi connectivity index (χ3v) is 3.20. The maximum atomic E-state index is 13.0. The van der Waals surface area contributed by atoms with Crippen molar-refractivity contribution >= 4 is 0 Å². The smallest absolute Gasteiger partial charge is 0.422 e. The molecule has 1 atom stereocenters. The fraction of sp³-hybridized carbons (Fsp3) is 0.625. The van der Waals surface area contributed by atoms with Crippen molar-refractivity contribution in [1.82, 2.24) is 15.3 Å². The lowest BCUT2D eigenvalue weighted by molar-refractivity contribution is -0.238. The highest BCUT2D eigenvalue weighted by Gasteiger charge is 2.51. The van der Waals surface area contributed by atoms with E-state index in [1.165, 1.54) is 0 Å². The average molecular weight is 347 g/mol. The summed E-state index contributed by atoms with van der Waals surface area (Å²) < 4.78 is 43.8. The molecular weight excluding hydrogens is 323 g/mol. The predicted molar refractivity (Wildman–Crippen MR) is 84.2 cm³/mol. The largest absolute Gasteiger partial charge is 0.502 e. The molecule has 1 aromatic heterocycles. The summed E-state index contributed by atoms with van der Waals surface area (Å²) >= 11 is 0. The number of alkyl halides is 3. The third-order valence-electron chi connectivity index (χ3n) is 3.20. The molecule has 0 radical (unpaired) electrons. The minimum absolute atomic E-state index is 0.102. The van der Waals surface area contributed by atoms with Crippen molar-refractivity contribution in [3.8, 4) is 0 Å². The van der Waals surface area contributed by atoms with Crippen molar-refractivity contribution in [3.63, 3.8) is 0 Å². The number of aromatic nitrogens is 2. The Labute approximate surface area is 140 Å². The minimum atomic E-state index is -4.82. The molecule has 1 rings (SSSR count). The molecule has 0 unspecified atom stereocenters. The Hall–Kier alpha value is -1.67. The van der Waals surface area contributed by atoms with E-state index >= 15 is 0 Å². The fourth-order valence-electron chi connectivity index (χ4n) is 1.74. The Kier molecular flexibility index (Phi) is 6.74. The molecular formula is C16H24F3N3O2. The Morgan fingerprint density at radius 1 is 1.21 bits per heavy atom. The van der Waals surface area contributed by atoms with Crippen LogP contribution in [0, 0.1) is 0 Å². The zero-order valence-electron chi connectivity index (χ0n) is 14.3.